The minimum absolute atomic E-state index is 0.598. The molecule has 1 fully saturated rings. The normalized spacial score (nSPS) is 23.1. The lowest BCUT2D eigenvalue weighted by molar-refractivity contribution is 0.274. The number of nitrogens with zero attached hydrogens (tertiary/aromatic N) is 3. The van der Waals surface area contributed by atoms with Crippen LogP contribution in [-0.4, -0.2) is 33.1 Å². The molecule has 0 N–H and O–H groups in total. The van der Waals surface area contributed by atoms with Crippen LogP contribution in [0.2, 0.25) is 0 Å². The summed E-state index contributed by atoms with van der Waals surface area (Å²) in [6.45, 7) is 2.37. The molecule has 14 heavy (non-hydrogen) atoms. The van der Waals surface area contributed by atoms with E-state index in [1.54, 1.807) is 0 Å². The molecule has 1 aliphatic heterocycles. The summed E-state index contributed by atoms with van der Waals surface area (Å²) in [6, 6.07) is 0.598. The first-order valence-corrected chi connectivity index (χ1v) is 6.22. The Kier molecular flexibility index (Phi) is 3.23. The molecule has 2 heterocycles. The van der Waals surface area contributed by atoms with Gasteiger partial charge in [-0.1, -0.05) is 15.9 Å². The van der Waals surface area contributed by atoms with E-state index in [-0.39, 0.29) is 0 Å². The monoisotopic (exact) mass is 257 g/mol. The molecule has 78 valence electrons. The van der Waals surface area contributed by atoms with Crippen LogP contribution in [0.3, 0.4) is 0 Å². The van der Waals surface area contributed by atoms with Crippen molar-refractivity contribution in [3.63, 3.8) is 0 Å². The summed E-state index contributed by atoms with van der Waals surface area (Å²) in [5, 5.41) is 5.29. The Bertz CT molecular complexity index is 297. The maximum atomic E-state index is 4.23. The summed E-state index contributed by atoms with van der Waals surface area (Å²) < 4.78 is 1.89. The zero-order valence-corrected chi connectivity index (χ0v) is 10.1. The van der Waals surface area contributed by atoms with E-state index in [9.17, 15) is 0 Å². The van der Waals surface area contributed by atoms with Gasteiger partial charge in [0.1, 0.15) is 0 Å². The number of aryl methyl sites for hydroxylation is 1. The van der Waals surface area contributed by atoms with Crippen molar-refractivity contribution in [2.24, 2.45) is 7.05 Å². The number of aromatic nitrogens is 2. The molecule has 0 amide bonds. The third kappa shape index (κ3) is 2.01. The zero-order chi connectivity index (χ0) is 9.97. The largest absolute Gasteiger partial charge is 0.295 e. The fourth-order valence-corrected chi connectivity index (χ4v) is 2.65. The number of hydrogen-bond acceptors (Lipinski definition) is 2. The van der Waals surface area contributed by atoms with E-state index >= 15 is 0 Å². The predicted octanol–water partition coefficient (Wildman–Crippen LogP) is 1.95. The molecule has 3 nitrogen and oxygen atoms in total. The van der Waals surface area contributed by atoms with Crippen LogP contribution >= 0.6 is 15.9 Å². The number of halogens is 1. The van der Waals surface area contributed by atoms with Crippen molar-refractivity contribution >= 4 is 15.9 Å². The van der Waals surface area contributed by atoms with E-state index in [1.807, 2.05) is 17.9 Å². The molecular weight excluding hydrogens is 242 g/mol. The van der Waals surface area contributed by atoms with Gasteiger partial charge >= 0.3 is 0 Å². The molecule has 1 aromatic rings. The average molecular weight is 258 g/mol. The van der Waals surface area contributed by atoms with Gasteiger partial charge in [-0.3, -0.25) is 9.58 Å². The second kappa shape index (κ2) is 4.45. The highest BCUT2D eigenvalue weighted by Gasteiger charge is 2.25. The fourth-order valence-electron chi connectivity index (χ4n) is 2.19. The van der Waals surface area contributed by atoms with Gasteiger partial charge in [0.2, 0.25) is 0 Å². The Morgan fingerprint density at radius 1 is 1.64 bits per heavy atom. The third-order valence-electron chi connectivity index (χ3n) is 2.85. The summed E-state index contributed by atoms with van der Waals surface area (Å²) >= 11 is 3.50. The molecule has 1 atom stereocenters. The van der Waals surface area contributed by atoms with Gasteiger partial charge in [-0.2, -0.15) is 5.10 Å². The summed E-state index contributed by atoms with van der Waals surface area (Å²) in [5.41, 5.74) is 1.37. The highest BCUT2D eigenvalue weighted by atomic mass is 79.9. The molecule has 0 radical (unpaired) electrons. The van der Waals surface area contributed by atoms with Crippen molar-refractivity contribution in [1.29, 1.82) is 0 Å². The number of likely N-dealkylation sites (tertiary alicyclic amines) is 1. The lowest BCUT2D eigenvalue weighted by Crippen LogP contribution is -2.24. The molecule has 1 aliphatic rings. The van der Waals surface area contributed by atoms with Crippen LogP contribution in [0.5, 0.6) is 0 Å². The van der Waals surface area contributed by atoms with Gasteiger partial charge in [0.05, 0.1) is 6.20 Å². The van der Waals surface area contributed by atoms with E-state index in [2.05, 4.69) is 32.1 Å². The van der Waals surface area contributed by atoms with E-state index in [1.165, 1.54) is 24.9 Å². The highest BCUT2D eigenvalue weighted by molar-refractivity contribution is 9.09. The van der Waals surface area contributed by atoms with Gasteiger partial charge < -0.3 is 0 Å². The molecule has 4 heteroatoms. The van der Waals surface area contributed by atoms with Crippen LogP contribution in [0.4, 0.5) is 0 Å². The molecule has 2 rings (SSSR count). The van der Waals surface area contributed by atoms with Gasteiger partial charge in [0.25, 0.3) is 0 Å². The fraction of sp³-hybridized carbons (Fsp3) is 0.700. The standard InChI is InChI=1S/C10H16BrN3/c1-13-8-9(7-12-13)10-3-2-5-14(10)6-4-11/h7-8,10H,2-6H2,1H3. The first-order chi connectivity index (χ1) is 6.81. The van der Waals surface area contributed by atoms with E-state index in [0.717, 1.165) is 11.9 Å². The van der Waals surface area contributed by atoms with Crippen LogP contribution in [0.1, 0.15) is 24.4 Å². The first kappa shape index (κ1) is 10.2. The second-order valence-corrected chi connectivity index (χ2v) is 4.62. The Morgan fingerprint density at radius 2 is 2.50 bits per heavy atom. The van der Waals surface area contributed by atoms with E-state index < -0.39 is 0 Å². The van der Waals surface area contributed by atoms with Crippen molar-refractivity contribution in [1.82, 2.24) is 14.7 Å². The Morgan fingerprint density at radius 3 is 3.14 bits per heavy atom. The summed E-state index contributed by atoms with van der Waals surface area (Å²) in [7, 11) is 1.98. The van der Waals surface area contributed by atoms with Crippen LogP contribution in [0.25, 0.3) is 0 Å². The summed E-state index contributed by atoms with van der Waals surface area (Å²) in [5.74, 6) is 0. The number of hydrogen-bond donors (Lipinski definition) is 0. The van der Waals surface area contributed by atoms with Crippen LogP contribution in [0, 0.1) is 0 Å². The maximum Gasteiger partial charge on any atom is 0.0537 e. The quantitative estimate of drug-likeness (QED) is 0.773. The molecule has 0 aliphatic carbocycles. The Hall–Kier alpha value is -0.350. The predicted molar refractivity (Wildman–Crippen MR) is 60.6 cm³/mol. The van der Waals surface area contributed by atoms with Crippen molar-refractivity contribution in [2.45, 2.75) is 18.9 Å². The lowest BCUT2D eigenvalue weighted by Gasteiger charge is -2.22. The Balaban J connectivity index is 2.09. The number of alkyl halides is 1. The van der Waals surface area contributed by atoms with Crippen LogP contribution in [-0.2, 0) is 7.05 Å². The van der Waals surface area contributed by atoms with Crippen LogP contribution < -0.4 is 0 Å². The smallest absolute Gasteiger partial charge is 0.0537 e. The van der Waals surface area contributed by atoms with Crippen molar-refractivity contribution in [3.05, 3.63) is 18.0 Å². The maximum absolute atomic E-state index is 4.23. The first-order valence-electron chi connectivity index (χ1n) is 5.10. The third-order valence-corrected chi connectivity index (χ3v) is 3.20. The molecule has 0 spiro atoms. The molecule has 1 aromatic heterocycles. The van der Waals surface area contributed by atoms with Crippen LogP contribution in [0.15, 0.2) is 12.4 Å². The average Bonchev–Trinajstić information content (AvgIpc) is 2.74. The van der Waals surface area contributed by atoms with Crippen molar-refractivity contribution in [2.75, 3.05) is 18.4 Å². The second-order valence-electron chi connectivity index (χ2n) is 3.83. The van der Waals surface area contributed by atoms with E-state index in [4.69, 9.17) is 0 Å². The molecule has 1 unspecified atom stereocenters. The zero-order valence-electron chi connectivity index (χ0n) is 8.49. The molecule has 0 bridgehead atoms. The Labute approximate surface area is 93.2 Å². The SMILES string of the molecule is Cn1cc(C2CCCN2CCBr)cn1. The van der Waals surface area contributed by atoms with Crippen molar-refractivity contribution in [3.8, 4) is 0 Å². The van der Waals surface area contributed by atoms with Crippen molar-refractivity contribution < 1.29 is 0 Å². The van der Waals surface area contributed by atoms with Gasteiger partial charge in [-0.05, 0) is 19.4 Å². The minimum Gasteiger partial charge on any atom is -0.295 e. The highest BCUT2D eigenvalue weighted by Crippen LogP contribution is 2.31. The minimum atomic E-state index is 0.598. The summed E-state index contributed by atoms with van der Waals surface area (Å²) in [4.78, 5) is 2.53. The summed E-state index contributed by atoms with van der Waals surface area (Å²) in [6.07, 6.45) is 6.72. The molecule has 1 saturated heterocycles. The number of rotatable bonds is 3. The lowest BCUT2D eigenvalue weighted by atomic mass is 10.1. The van der Waals surface area contributed by atoms with E-state index in [0.29, 0.717) is 6.04 Å². The molecular formula is C10H16BrN3. The topological polar surface area (TPSA) is 21.1 Å². The van der Waals surface area contributed by atoms with Gasteiger partial charge in [0.15, 0.2) is 0 Å². The molecule has 0 aromatic carbocycles. The van der Waals surface area contributed by atoms with Gasteiger partial charge in [0, 0.05) is 36.7 Å². The van der Waals surface area contributed by atoms with Gasteiger partial charge in [-0.15, -0.1) is 0 Å². The molecule has 0 saturated carbocycles. The van der Waals surface area contributed by atoms with Gasteiger partial charge in [-0.25, -0.2) is 0 Å².